The molecule has 1 heterocycles. The molecule has 1 fully saturated rings. The van der Waals surface area contributed by atoms with Gasteiger partial charge in [-0.15, -0.1) is 0 Å². The van der Waals surface area contributed by atoms with Gasteiger partial charge in [-0.05, 0) is 36.0 Å². The second-order valence-corrected chi connectivity index (χ2v) is 10.9. The zero-order valence-corrected chi connectivity index (χ0v) is 25.9. The normalized spacial score (nSPS) is 21.8. The van der Waals surface area contributed by atoms with Gasteiger partial charge in [-0.3, -0.25) is 4.79 Å². The Hall–Kier alpha value is -3.33. The van der Waals surface area contributed by atoms with Crippen LogP contribution in [0.2, 0.25) is 0 Å². The number of allylic oxidation sites excluding steroid dienone is 2. The van der Waals surface area contributed by atoms with Crippen LogP contribution in [0.4, 0.5) is 0 Å². The number of rotatable bonds is 18. The molecule has 4 rings (SSSR count). The molecule has 1 aliphatic rings. The third-order valence-corrected chi connectivity index (χ3v) is 7.32. The number of esters is 1. The number of unbranched alkanes of at least 4 members (excludes halogenated alkanes) is 2. The quantitative estimate of drug-likeness (QED) is 0.0867. The maximum Gasteiger partial charge on any atom is 0.302 e. The van der Waals surface area contributed by atoms with Gasteiger partial charge >= 0.3 is 5.97 Å². The van der Waals surface area contributed by atoms with Crippen molar-refractivity contribution >= 4 is 5.97 Å². The van der Waals surface area contributed by atoms with Crippen molar-refractivity contribution in [2.75, 3.05) is 13.2 Å². The molecule has 3 aromatic rings. The highest BCUT2D eigenvalue weighted by Gasteiger charge is 2.49. The van der Waals surface area contributed by atoms with Crippen molar-refractivity contribution in [2.24, 2.45) is 0 Å². The van der Waals surface area contributed by atoms with E-state index in [1.165, 1.54) is 6.92 Å². The summed E-state index contributed by atoms with van der Waals surface area (Å²) in [6, 6.07) is 29.9. The minimum Gasteiger partial charge on any atom is -0.463 e. The molecule has 0 radical (unpaired) electrons. The van der Waals surface area contributed by atoms with Crippen LogP contribution in [0.5, 0.6) is 0 Å². The zero-order chi connectivity index (χ0) is 30.8. The fourth-order valence-electron chi connectivity index (χ4n) is 5.02. The van der Waals surface area contributed by atoms with E-state index in [4.69, 9.17) is 28.4 Å². The van der Waals surface area contributed by atoms with E-state index in [9.17, 15) is 4.79 Å². The van der Waals surface area contributed by atoms with Crippen LogP contribution in [0.25, 0.3) is 0 Å². The van der Waals surface area contributed by atoms with E-state index in [2.05, 4.69) is 19.1 Å². The van der Waals surface area contributed by atoms with E-state index < -0.39 is 36.7 Å². The molecule has 1 unspecified atom stereocenters. The van der Waals surface area contributed by atoms with Crippen LogP contribution >= 0.6 is 0 Å². The van der Waals surface area contributed by atoms with Crippen molar-refractivity contribution < 1.29 is 33.2 Å². The van der Waals surface area contributed by atoms with E-state index in [-0.39, 0.29) is 6.61 Å². The summed E-state index contributed by atoms with van der Waals surface area (Å²) in [6.45, 7) is 5.06. The Morgan fingerprint density at radius 3 is 1.70 bits per heavy atom. The predicted octanol–water partition coefficient (Wildman–Crippen LogP) is 7.18. The summed E-state index contributed by atoms with van der Waals surface area (Å²) in [7, 11) is 0. The summed E-state index contributed by atoms with van der Waals surface area (Å²) in [5, 5.41) is 0. The highest BCUT2D eigenvalue weighted by atomic mass is 16.7. The lowest BCUT2D eigenvalue weighted by Crippen LogP contribution is -2.62. The molecule has 0 bridgehead atoms. The van der Waals surface area contributed by atoms with Crippen molar-refractivity contribution in [3.05, 3.63) is 120 Å². The van der Waals surface area contributed by atoms with Gasteiger partial charge in [-0.1, -0.05) is 116 Å². The minimum absolute atomic E-state index is 0.00497. The van der Waals surface area contributed by atoms with Crippen LogP contribution < -0.4 is 0 Å². The monoisotopic (exact) mass is 602 g/mol. The van der Waals surface area contributed by atoms with Gasteiger partial charge in [-0.25, -0.2) is 0 Å². The van der Waals surface area contributed by atoms with Gasteiger partial charge in [0.15, 0.2) is 6.29 Å². The molecule has 0 N–H and O–H groups in total. The number of ether oxygens (including phenoxy) is 6. The summed E-state index contributed by atoms with van der Waals surface area (Å²) in [5.74, 6) is -0.393. The first-order valence-electron chi connectivity index (χ1n) is 15.7. The topological polar surface area (TPSA) is 72.5 Å². The highest BCUT2D eigenvalue weighted by molar-refractivity contribution is 5.65. The molecule has 0 saturated carbocycles. The summed E-state index contributed by atoms with van der Waals surface area (Å²) in [4.78, 5) is 11.9. The molecule has 44 heavy (non-hydrogen) atoms. The lowest BCUT2D eigenvalue weighted by molar-refractivity contribution is -0.327. The van der Waals surface area contributed by atoms with Crippen LogP contribution in [-0.4, -0.2) is 49.9 Å². The van der Waals surface area contributed by atoms with Crippen molar-refractivity contribution in [1.82, 2.24) is 0 Å². The fourth-order valence-corrected chi connectivity index (χ4v) is 5.02. The van der Waals surface area contributed by atoms with Gasteiger partial charge in [0.05, 0.1) is 26.4 Å². The van der Waals surface area contributed by atoms with Crippen LogP contribution in [0.3, 0.4) is 0 Å². The van der Waals surface area contributed by atoms with Gasteiger partial charge in [0.1, 0.15) is 31.0 Å². The van der Waals surface area contributed by atoms with Crippen molar-refractivity contribution in [3.8, 4) is 0 Å². The van der Waals surface area contributed by atoms with Gasteiger partial charge in [0.2, 0.25) is 0 Å². The second-order valence-electron chi connectivity index (χ2n) is 10.9. The molecule has 0 amide bonds. The van der Waals surface area contributed by atoms with Crippen molar-refractivity contribution in [1.29, 1.82) is 0 Å². The Labute approximate surface area is 262 Å². The summed E-state index contributed by atoms with van der Waals surface area (Å²) >= 11 is 0. The number of hydrogen-bond acceptors (Lipinski definition) is 7. The molecule has 1 saturated heterocycles. The lowest BCUT2D eigenvalue weighted by Gasteiger charge is -2.45. The fraction of sp³-hybridized carbons (Fsp3) is 0.432. The molecule has 0 aliphatic carbocycles. The Morgan fingerprint density at radius 1 is 0.682 bits per heavy atom. The second kappa shape index (κ2) is 19.1. The van der Waals surface area contributed by atoms with Gasteiger partial charge in [-0.2, -0.15) is 0 Å². The molecule has 3 aromatic carbocycles. The number of hydrogen-bond donors (Lipinski definition) is 0. The van der Waals surface area contributed by atoms with Gasteiger partial charge in [0, 0.05) is 6.92 Å². The van der Waals surface area contributed by atoms with Crippen LogP contribution in [0, 0.1) is 0 Å². The molecule has 7 nitrogen and oxygen atoms in total. The lowest BCUT2D eigenvalue weighted by atomic mass is 9.97. The molecule has 5 atom stereocenters. The van der Waals surface area contributed by atoms with E-state index in [0.717, 1.165) is 42.4 Å². The van der Waals surface area contributed by atoms with Crippen LogP contribution in [0.15, 0.2) is 103 Å². The maximum atomic E-state index is 11.9. The average molecular weight is 603 g/mol. The highest BCUT2D eigenvalue weighted by Crippen LogP contribution is 2.31. The Morgan fingerprint density at radius 2 is 1.18 bits per heavy atom. The molecule has 1 aliphatic heterocycles. The molecular weight excluding hydrogens is 556 g/mol. The van der Waals surface area contributed by atoms with Crippen molar-refractivity contribution in [3.63, 3.8) is 0 Å². The SMILES string of the molecule is CCC/C=C\CCCOC1O[C@H](COC(C)=O)[C@@H](OCc2ccccc2)[C@H](OCc2ccccc2)[C@H]1OCc1ccccc1. The largest absolute Gasteiger partial charge is 0.463 e. The third-order valence-electron chi connectivity index (χ3n) is 7.32. The van der Waals surface area contributed by atoms with Crippen LogP contribution in [0.1, 0.15) is 56.2 Å². The Balaban J connectivity index is 1.59. The maximum absolute atomic E-state index is 11.9. The van der Waals surface area contributed by atoms with E-state index in [0.29, 0.717) is 26.4 Å². The Bertz CT molecular complexity index is 1220. The minimum atomic E-state index is -0.753. The first kappa shape index (κ1) is 33.6. The average Bonchev–Trinajstić information content (AvgIpc) is 3.06. The first-order chi connectivity index (χ1) is 21.6. The Kier molecular flexibility index (Phi) is 14.6. The molecule has 0 spiro atoms. The summed E-state index contributed by atoms with van der Waals surface area (Å²) in [6.07, 6.45) is 5.19. The summed E-state index contributed by atoms with van der Waals surface area (Å²) < 4.78 is 38.1. The van der Waals surface area contributed by atoms with E-state index in [1.54, 1.807) is 0 Å². The third kappa shape index (κ3) is 11.3. The van der Waals surface area contributed by atoms with E-state index in [1.807, 2.05) is 91.0 Å². The number of carbonyl (C=O) groups excluding carboxylic acids is 1. The zero-order valence-electron chi connectivity index (χ0n) is 25.9. The standard InChI is InChI=1S/C37H46O7/c1-3-4-5-6-7-17-24-39-37-36(43-27-32-22-15-10-16-23-32)35(42-26-31-20-13-9-14-21-31)34(33(44-37)28-40-29(2)38)41-25-30-18-11-8-12-19-30/h5-6,8-16,18-23,33-37H,3-4,7,17,24-28H2,1-2H3/b6-5-/t33-,34-,35+,36-,37?/m1/s1. The summed E-state index contributed by atoms with van der Waals surface area (Å²) in [5.41, 5.74) is 3.06. The molecule has 0 aromatic heterocycles. The smallest absolute Gasteiger partial charge is 0.302 e. The molecule has 7 heteroatoms. The predicted molar refractivity (Wildman–Crippen MR) is 170 cm³/mol. The number of benzene rings is 3. The van der Waals surface area contributed by atoms with E-state index >= 15 is 0 Å². The van der Waals surface area contributed by atoms with Crippen LogP contribution in [-0.2, 0) is 53.0 Å². The first-order valence-corrected chi connectivity index (χ1v) is 15.7. The van der Waals surface area contributed by atoms with Crippen molar-refractivity contribution in [2.45, 2.75) is 90.1 Å². The van der Waals surface area contributed by atoms with Gasteiger partial charge in [0.25, 0.3) is 0 Å². The number of carbonyl (C=O) groups is 1. The van der Waals surface area contributed by atoms with Gasteiger partial charge < -0.3 is 28.4 Å². The molecule has 236 valence electrons. The molecular formula is C37H46O7.